The Morgan fingerprint density at radius 1 is 1.03 bits per heavy atom. The van der Waals surface area contributed by atoms with Gasteiger partial charge in [-0.2, -0.15) is 0 Å². The molecule has 10 heteroatoms. The Morgan fingerprint density at radius 2 is 1.67 bits per heavy atom. The Kier molecular flexibility index (Phi) is 10.6. The fraction of sp³-hybridized carbons (Fsp3) is 0.217. The topological polar surface area (TPSA) is 123 Å². The summed E-state index contributed by atoms with van der Waals surface area (Å²) in [4.78, 5) is 31.3. The first-order valence-electron chi connectivity index (χ1n) is 9.97. The fourth-order valence-electron chi connectivity index (χ4n) is 2.44. The summed E-state index contributed by atoms with van der Waals surface area (Å²) in [6.45, 7) is 2.09. The third kappa shape index (κ3) is 8.76. The highest BCUT2D eigenvalue weighted by molar-refractivity contribution is 6.32. The zero-order valence-electron chi connectivity index (χ0n) is 18.2. The molecule has 0 saturated carbocycles. The summed E-state index contributed by atoms with van der Waals surface area (Å²) in [5.41, 5.74) is 1.16. The number of rotatable bonds is 8. The molecule has 0 radical (unpaired) electrons. The van der Waals surface area contributed by atoms with E-state index in [-0.39, 0.29) is 24.6 Å². The number of aliphatic hydroxyl groups excluding tert-OH is 1. The van der Waals surface area contributed by atoms with Crippen molar-refractivity contribution >= 4 is 23.4 Å². The number of hydrogen-bond acceptors (Lipinski definition) is 7. The van der Waals surface area contributed by atoms with Gasteiger partial charge in [-0.05, 0) is 36.8 Å². The molecule has 0 spiro atoms. The molecular weight excluding hydrogens is 448 g/mol. The summed E-state index contributed by atoms with van der Waals surface area (Å²) in [7, 11) is 1.57. The van der Waals surface area contributed by atoms with Crippen LogP contribution in [0.3, 0.4) is 0 Å². The molecule has 2 aromatic carbocycles. The van der Waals surface area contributed by atoms with Gasteiger partial charge in [0.05, 0.1) is 24.2 Å². The van der Waals surface area contributed by atoms with E-state index in [4.69, 9.17) is 26.2 Å². The number of ether oxygens (including phenoxy) is 2. The Hall–Kier alpha value is -3.69. The summed E-state index contributed by atoms with van der Waals surface area (Å²) in [6.07, 6.45) is 4.08. The van der Waals surface area contributed by atoms with Crippen molar-refractivity contribution in [3.63, 3.8) is 0 Å². The van der Waals surface area contributed by atoms with Gasteiger partial charge in [-0.25, -0.2) is 9.97 Å². The molecule has 0 unspecified atom stereocenters. The van der Waals surface area contributed by atoms with Crippen LogP contribution in [0.4, 0.5) is 0 Å². The highest BCUT2D eigenvalue weighted by Crippen LogP contribution is 2.32. The number of nitrogens with one attached hydrogen (secondary N) is 2. The Balaban J connectivity index is 0.00000122. The van der Waals surface area contributed by atoms with Crippen molar-refractivity contribution in [2.24, 2.45) is 0 Å². The lowest BCUT2D eigenvalue weighted by molar-refractivity contribution is -0.120. The van der Waals surface area contributed by atoms with Crippen molar-refractivity contribution in [2.45, 2.75) is 13.5 Å². The maximum absolute atomic E-state index is 11.9. The van der Waals surface area contributed by atoms with E-state index in [0.29, 0.717) is 28.8 Å². The number of nitrogens with zero attached hydrogens (tertiary/aromatic N) is 2. The van der Waals surface area contributed by atoms with Crippen LogP contribution >= 0.6 is 11.6 Å². The van der Waals surface area contributed by atoms with Crippen molar-refractivity contribution in [1.82, 2.24) is 20.6 Å². The molecular formula is C23H25ClN4O5. The number of methoxy groups -OCH3 is 1. The van der Waals surface area contributed by atoms with Gasteiger partial charge in [0.1, 0.15) is 23.6 Å². The van der Waals surface area contributed by atoms with Crippen molar-refractivity contribution in [2.75, 3.05) is 20.3 Å². The molecule has 0 aliphatic heterocycles. The molecule has 9 nitrogen and oxygen atoms in total. The van der Waals surface area contributed by atoms with Crippen LogP contribution in [0.15, 0.2) is 61.2 Å². The van der Waals surface area contributed by atoms with Crippen molar-refractivity contribution in [3.8, 4) is 17.2 Å². The van der Waals surface area contributed by atoms with Gasteiger partial charge in [0, 0.05) is 31.6 Å². The van der Waals surface area contributed by atoms with Gasteiger partial charge in [0.15, 0.2) is 0 Å². The predicted octanol–water partition coefficient (Wildman–Crippen LogP) is 2.98. The molecule has 0 aliphatic rings. The molecule has 174 valence electrons. The molecule has 1 heterocycles. The molecule has 1 aromatic heterocycles. The van der Waals surface area contributed by atoms with Gasteiger partial charge in [-0.1, -0.05) is 23.7 Å². The van der Waals surface area contributed by atoms with Crippen molar-refractivity contribution in [1.29, 1.82) is 0 Å². The van der Waals surface area contributed by atoms with E-state index in [9.17, 15) is 9.59 Å². The second-order valence-electron chi connectivity index (χ2n) is 6.45. The predicted molar refractivity (Wildman–Crippen MR) is 123 cm³/mol. The van der Waals surface area contributed by atoms with Crippen LogP contribution in [0.2, 0.25) is 5.02 Å². The van der Waals surface area contributed by atoms with Crippen LogP contribution in [0.1, 0.15) is 22.8 Å². The van der Waals surface area contributed by atoms with Gasteiger partial charge < -0.3 is 25.2 Å². The standard InChI is InChI=1S/C21H19ClN4O4.C2H6O/c1-29-17-6-7-19(18(22)8-17)30-16-4-2-14(3-5-16)9-25-20(27)12-26-21(28)15-10-23-13-24-11-15;1-2-3/h2-8,10-11,13H,9,12H2,1H3,(H,25,27)(H,26,28);3H,2H2,1H3. The lowest BCUT2D eigenvalue weighted by atomic mass is 10.2. The zero-order valence-corrected chi connectivity index (χ0v) is 19.0. The van der Waals surface area contributed by atoms with Crippen molar-refractivity contribution in [3.05, 3.63) is 77.3 Å². The number of halogens is 1. The van der Waals surface area contributed by atoms with Gasteiger partial charge in [-0.15, -0.1) is 0 Å². The minimum atomic E-state index is -0.413. The van der Waals surface area contributed by atoms with Gasteiger partial charge in [-0.3, -0.25) is 9.59 Å². The maximum atomic E-state index is 11.9. The smallest absolute Gasteiger partial charge is 0.254 e. The summed E-state index contributed by atoms with van der Waals surface area (Å²) >= 11 is 6.18. The molecule has 2 amide bonds. The first-order valence-corrected chi connectivity index (χ1v) is 10.4. The molecule has 3 rings (SSSR count). The minimum Gasteiger partial charge on any atom is -0.497 e. The molecule has 3 aromatic rings. The molecule has 33 heavy (non-hydrogen) atoms. The average Bonchev–Trinajstić information content (AvgIpc) is 2.84. The first-order chi connectivity index (χ1) is 16.0. The van der Waals surface area contributed by atoms with Crippen molar-refractivity contribution < 1.29 is 24.2 Å². The van der Waals surface area contributed by atoms with Gasteiger partial charge in [0.2, 0.25) is 5.91 Å². The van der Waals surface area contributed by atoms with Crippen LogP contribution in [0.5, 0.6) is 17.2 Å². The third-order valence-corrected chi connectivity index (χ3v) is 4.31. The second kappa shape index (κ2) is 13.7. The molecule has 3 N–H and O–H groups in total. The third-order valence-electron chi connectivity index (χ3n) is 4.01. The van der Waals surface area contributed by atoms with E-state index in [1.165, 1.54) is 18.7 Å². The number of aromatic nitrogens is 2. The second-order valence-corrected chi connectivity index (χ2v) is 6.85. The summed E-state index contributed by atoms with van der Waals surface area (Å²) in [5, 5.41) is 13.3. The first kappa shape index (κ1) is 25.6. The highest BCUT2D eigenvalue weighted by Gasteiger charge is 2.09. The lowest BCUT2D eigenvalue weighted by Crippen LogP contribution is -2.36. The van der Waals surface area contributed by atoms with Gasteiger partial charge >= 0.3 is 0 Å². The van der Waals surface area contributed by atoms with Crippen LogP contribution in [-0.4, -0.2) is 47.2 Å². The largest absolute Gasteiger partial charge is 0.497 e. The van der Waals surface area contributed by atoms with Gasteiger partial charge in [0.25, 0.3) is 5.91 Å². The molecule has 0 atom stereocenters. The van der Waals surface area contributed by atoms with Crippen LogP contribution in [0.25, 0.3) is 0 Å². The Morgan fingerprint density at radius 3 is 2.27 bits per heavy atom. The molecule has 0 saturated heterocycles. The van der Waals surface area contributed by atoms with E-state index in [2.05, 4.69) is 20.6 Å². The summed E-state index contributed by atoms with van der Waals surface area (Å²) < 4.78 is 10.9. The number of carbonyl (C=O) groups excluding carboxylic acids is 2. The van der Waals surface area contributed by atoms with E-state index >= 15 is 0 Å². The number of carbonyl (C=O) groups is 2. The zero-order chi connectivity index (χ0) is 24.1. The Bertz CT molecular complexity index is 1030. The normalized spacial score (nSPS) is 9.82. The number of hydrogen-bond donors (Lipinski definition) is 3. The van der Waals surface area contributed by atoms with Crippen LogP contribution < -0.4 is 20.1 Å². The molecule has 0 bridgehead atoms. The summed E-state index contributed by atoms with van der Waals surface area (Å²) in [5.74, 6) is 1.04. The monoisotopic (exact) mass is 472 g/mol. The number of aliphatic hydroxyl groups is 1. The minimum absolute atomic E-state index is 0.148. The Labute approximate surface area is 196 Å². The number of benzene rings is 2. The summed E-state index contributed by atoms with van der Waals surface area (Å²) in [6, 6.07) is 12.4. The van der Waals surface area contributed by atoms with Crippen LogP contribution in [0, 0.1) is 0 Å². The van der Waals surface area contributed by atoms with E-state index in [1.54, 1.807) is 44.4 Å². The molecule has 0 aliphatic carbocycles. The number of amides is 2. The lowest BCUT2D eigenvalue weighted by Gasteiger charge is -2.10. The quantitative estimate of drug-likeness (QED) is 0.460. The SMILES string of the molecule is CCO.COc1ccc(Oc2ccc(CNC(=O)CNC(=O)c3cncnc3)cc2)c(Cl)c1. The fourth-order valence-corrected chi connectivity index (χ4v) is 2.64. The van der Waals surface area contributed by atoms with Crippen LogP contribution in [-0.2, 0) is 11.3 Å². The van der Waals surface area contributed by atoms with E-state index < -0.39 is 5.91 Å². The molecule has 0 fully saturated rings. The highest BCUT2D eigenvalue weighted by atomic mass is 35.5. The van der Waals surface area contributed by atoms with E-state index in [0.717, 1.165) is 5.56 Å². The maximum Gasteiger partial charge on any atom is 0.254 e. The average molecular weight is 473 g/mol. The van der Waals surface area contributed by atoms with E-state index in [1.807, 2.05) is 12.1 Å².